The molecule has 0 aliphatic heterocycles. The second-order valence-electron chi connectivity index (χ2n) is 11.8. The van der Waals surface area contributed by atoms with Crippen molar-refractivity contribution in [3.8, 4) is 0 Å². The van der Waals surface area contributed by atoms with Crippen molar-refractivity contribution in [2.24, 2.45) is 0 Å². The Kier molecular flexibility index (Phi) is 12.3. The van der Waals surface area contributed by atoms with E-state index in [2.05, 4.69) is 24.3 Å². The van der Waals surface area contributed by atoms with E-state index in [-0.39, 0.29) is 46.6 Å². The molecular weight excluding hydrogens is 670 g/mol. The van der Waals surface area contributed by atoms with Crippen LogP contribution < -0.4 is 39.4 Å². The van der Waals surface area contributed by atoms with E-state index >= 15 is 0 Å². The van der Waals surface area contributed by atoms with Crippen LogP contribution in [0.4, 0.5) is 11.4 Å². The van der Waals surface area contributed by atoms with Gasteiger partial charge >= 0.3 is 29.6 Å². The zero-order valence-electron chi connectivity index (χ0n) is 28.1. The summed E-state index contributed by atoms with van der Waals surface area (Å²) in [6.45, 7) is -0.141. The second kappa shape index (κ2) is 15.8. The molecule has 0 bridgehead atoms. The van der Waals surface area contributed by atoms with Crippen molar-refractivity contribution < 1.29 is 60.1 Å². The molecule has 0 spiro atoms. The number of anilines is 2. The Labute approximate surface area is 311 Å². The molecule has 1 atom stereocenters. The standard InChI is InChI=1S/C37H37N3O6S2.Na/c1-38(2)32-19-13-28(14-20-32)36(29-15-21-33(22-16-29)39(3)4)30-17-23-34(24-18-30)40(26-27-9-8-12-35(25-27)47(41,42)43)37(48(44,45)46)31-10-6-5-7-11-31;/h5-25,37H,26H2,1-4H3,(H-,41,42,43,44,45,46);/q;+1. The molecule has 12 heteroatoms. The van der Waals surface area contributed by atoms with E-state index in [0.29, 0.717) is 11.3 Å². The summed E-state index contributed by atoms with van der Waals surface area (Å²) in [6.07, 6.45) is 8.21. The summed E-state index contributed by atoms with van der Waals surface area (Å²) in [6, 6.07) is 29.2. The predicted octanol–water partition coefficient (Wildman–Crippen LogP) is 2.89. The third-order valence-corrected chi connectivity index (χ3v) is 9.95. The summed E-state index contributed by atoms with van der Waals surface area (Å²) in [5, 5.41) is -1.63. The van der Waals surface area contributed by atoms with E-state index in [1.807, 2.05) is 74.1 Å². The van der Waals surface area contributed by atoms with Crippen LogP contribution >= 0.6 is 0 Å². The maximum atomic E-state index is 12.9. The summed E-state index contributed by atoms with van der Waals surface area (Å²) < 4.78 is 74.2. The van der Waals surface area contributed by atoms with Crippen molar-refractivity contribution in [3.63, 3.8) is 0 Å². The quantitative estimate of drug-likeness (QED) is 0.152. The van der Waals surface area contributed by atoms with Crippen LogP contribution in [-0.2, 0) is 26.8 Å². The Hall–Kier alpha value is -3.81. The molecule has 0 saturated carbocycles. The Morgan fingerprint density at radius 1 is 0.755 bits per heavy atom. The summed E-state index contributed by atoms with van der Waals surface area (Å²) in [5.74, 6) is 0. The molecule has 0 saturated heterocycles. The average Bonchev–Trinajstić information content (AvgIpc) is 3.05. The van der Waals surface area contributed by atoms with Crippen LogP contribution in [0.3, 0.4) is 0 Å². The molecule has 4 aromatic rings. The zero-order chi connectivity index (χ0) is 34.6. The Morgan fingerprint density at radius 2 is 1.31 bits per heavy atom. The summed E-state index contributed by atoms with van der Waals surface area (Å²) in [4.78, 5) is 3.12. The van der Waals surface area contributed by atoms with Crippen LogP contribution in [0.25, 0.3) is 5.57 Å². The Morgan fingerprint density at radius 3 is 1.80 bits per heavy atom. The van der Waals surface area contributed by atoms with Gasteiger partial charge in [-0.1, -0.05) is 66.7 Å². The van der Waals surface area contributed by atoms with E-state index < -0.39 is 25.6 Å². The smallest absolute Gasteiger partial charge is 0.746 e. The molecule has 4 aromatic carbocycles. The molecule has 1 aliphatic rings. The minimum atomic E-state index is -4.96. The van der Waals surface area contributed by atoms with Gasteiger partial charge in [0.15, 0.2) is 5.71 Å². The third kappa shape index (κ3) is 9.25. The predicted molar refractivity (Wildman–Crippen MR) is 190 cm³/mol. The molecule has 0 radical (unpaired) electrons. The number of hydrogen-bond acceptors (Lipinski definition) is 7. The minimum Gasteiger partial charge on any atom is -0.746 e. The monoisotopic (exact) mass is 706 g/mol. The Balaban J connectivity index is 0.00000541. The van der Waals surface area contributed by atoms with Crippen LogP contribution in [-0.4, -0.2) is 64.4 Å². The largest absolute Gasteiger partial charge is 1.00 e. The number of benzene rings is 4. The maximum absolute atomic E-state index is 12.9. The average molecular weight is 707 g/mol. The van der Waals surface area contributed by atoms with Gasteiger partial charge in [0.1, 0.15) is 29.6 Å². The van der Waals surface area contributed by atoms with Gasteiger partial charge in [-0.15, -0.1) is 0 Å². The van der Waals surface area contributed by atoms with Crippen molar-refractivity contribution >= 4 is 42.9 Å². The fourth-order valence-electron chi connectivity index (χ4n) is 5.60. The molecule has 0 fully saturated rings. The second-order valence-corrected chi connectivity index (χ2v) is 14.7. The van der Waals surface area contributed by atoms with Crippen LogP contribution in [0.2, 0.25) is 0 Å². The van der Waals surface area contributed by atoms with Gasteiger partial charge < -0.3 is 14.4 Å². The first kappa shape index (κ1) is 38.0. The van der Waals surface area contributed by atoms with E-state index in [4.69, 9.17) is 0 Å². The minimum absolute atomic E-state index is 0. The summed E-state index contributed by atoms with van der Waals surface area (Å²) in [5.41, 5.74) is 6.96. The van der Waals surface area contributed by atoms with E-state index in [0.717, 1.165) is 33.7 Å². The van der Waals surface area contributed by atoms with Gasteiger partial charge in [-0.3, -0.25) is 4.55 Å². The summed E-state index contributed by atoms with van der Waals surface area (Å²) >= 11 is 0. The molecule has 0 aromatic heterocycles. The first-order valence-electron chi connectivity index (χ1n) is 15.1. The van der Waals surface area contributed by atoms with Gasteiger partial charge in [0.25, 0.3) is 10.1 Å². The van der Waals surface area contributed by atoms with Crippen molar-refractivity contribution in [3.05, 3.63) is 155 Å². The van der Waals surface area contributed by atoms with Crippen LogP contribution in [0.1, 0.15) is 27.6 Å². The van der Waals surface area contributed by atoms with E-state index in [9.17, 15) is 25.9 Å². The van der Waals surface area contributed by atoms with Crippen LogP contribution in [0, 0.1) is 0 Å². The zero-order valence-corrected chi connectivity index (χ0v) is 31.7. The number of allylic oxidation sites excluding steroid dienone is 5. The van der Waals surface area contributed by atoms with Gasteiger partial charge in [-0.2, -0.15) is 8.42 Å². The van der Waals surface area contributed by atoms with Gasteiger partial charge in [-0.05, 0) is 82.0 Å². The van der Waals surface area contributed by atoms with Crippen molar-refractivity contribution in [1.82, 2.24) is 0 Å². The van der Waals surface area contributed by atoms with Crippen molar-refractivity contribution in [2.75, 3.05) is 38.0 Å². The van der Waals surface area contributed by atoms with E-state index in [1.165, 1.54) is 23.1 Å². The number of rotatable bonds is 10. The molecule has 49 heavy (non-hydrogen) atoms. The molecule has 1 N–H and O–H groups in total. The van der Waals surface area contributed by atoms with Crippen molar-refractivity contribution in [1.29, 1.82) is 0 Å². The molecule has 9 nitrogen and oxygen atoms in total. The molecule has 0 heterocycles. The van der Waals surface area contributed by atoms with Crippen LogP contribution in [0.5, 0.6) is 0 Å². The summed E-state index contributed by atoms with van der Waals surface area (Å²) in [7, 11) is -1.56. The number of hydrogen-bond donors (Lipinski definition) is 1. The Bertz CT molecular complexity index is 2120. The molecule has 0 amide bonds. The molecule has 1 aliphatic carbocycles. The number of nitrogens with zero attached hydrogens (tertiary/aromatic N) is 3. The third-order valence-electron chi connectivity index (χ3n) is 8.02. The molecule has 1 unspecified atom stereocenters. The van der Waals surface area contributed by atoms with Crippen molar-refractivity contribution in [2.45, 2.75) is 16.8 Å². The fraction of sp³-hybridized carbons (Fsp3) is 0.162. The fourth-order valence-corrected chi connectivity index (χ4v) is 7.15. The van der Waals surface area contributed by atoms with Gasteiger partial charge in [0, 0.05) is 44.2 Å². The first-order valence-corrected chi connectivity index (χ1v) is 18.0. The van der Waals surface area contributed by atoms with Crippen LogP contribution in [0.15, 0.2) is 138 Å². The molecule has 248 valence electrons. The van der Waals surface area contributed by atoms with Gasteiger partial charge in [-0.25, -0.2) is 13.0 Å². The normalized spacial score (nSPS) is 13.4. The van der Waals surface area contributed by atoms with Gasteiger partial charge in [0.2, 0.25) is 0 Å². The van der Waals surface area contributed by atoms with Gasteiger partial charge in [0.05, 0.1) is 4.90 Å². The first-order chi connectivity index (χ1) is 22.7. The molecular formula is C37H37N3NaO6S2+. The van der Waals surface area contributed by atoms with E-state index in [1.54, 1.807) is 48.5 Å². The topological polar surface area (TPSA) is 121 Å². The molecule has 5 rings (SSSR count). The SMILES string of the molecule is CN(C)c1ccc(C(=C2C=CC(=[N+](C)C)C=C2)c2ccc(N(Cc3cccc(S(=O)(=O)O)c3)C(c3ccccc3)S(=O)(=O)[O-])cc2)cc1.[Na+]. The maximum Gasteiger partial charge on any atom is 1.00 e.